The van der Waals surface area contributed by atoms with Gasteiger partial charge in [-0.15, -0.1) is 0 Å². The maximum absolute atomic E-state index is 13.3. The van der Waals surface area contributed by atoms with Crippen LogP contribution in [0.4, 0.5) is 0 Å². The van der Waals surface area contributed by atoms with Crippen LogP contribution < -0.4 is 0 Å². The van der Waals surface area contributed by atoms with E-state index in [9.17, 15) is 8.42 Å². The van der Waals surface area contributed by atoms with Gasteiger partial charge in [0.2, 0.25) is 0 Å². The van der Waals surface area contributed by atoms with Gasteiger partial charge in [-0.05, 0) is 62.6 Å². The molecule has 3 rings (SSSR count). The van der Waals surface area contributed by atoms with E-state index < -0.39 is 9.84 Å². The Kier molecular flexibility index (Phi) is 6.03. The maximum atomic E-state index is 13.3. The van der Waals surface area contributed by atoms with Crippen molar-refractivity contribution in [3.63, 3.8) is 0 Å². The van der Waals surface area contributed by atoms with Gasteiger partial charge in [-0.1, -0.05) is 50.2 Å². The van der Waals surface area contributed by atoms with Crippen LogP contribution in [0.3, 0.4) is 0 Å². The molecule has 3 atom stereocenters. The fourth-order valence-corrected chi connectivity index (χ4v) is 5.97. The lowest BCUT2D eigenvalue weighted by Gasteiger charge is -2.32. The highest BCUT2D eigenvalue weighted by Crippen LogP contribution is 2.29. The summed E-state index contributed by atoms with van der Waals surface area (Å²) in [7, 11) is -3.35. The average molecular weight is 374 g/mol. The van der Waals surface area contributed by atoms with Crippen molar-refractivity contribution >= 4 is 20.6 Å². The molecule has 1 aliphatic heterocycles. The summed E-state index contributed by atoms with van der Waals surface area (Å²) in [5, 5.41) is 1.44. The number of hydrogen-bond donors (Lipinski definition) is 0. The Labute approximate surface area is 158 Å². The van der Waals surface area contributed by atoms with Crippen LogP contribution in [0.15, 0.2) is 47.4 Å². The first-order valence-corrected chi connectivity index (χ1v) is 11.4. The number of nitrogens with zero attached hydrogens (tertiary/aromatic N) is 1. The standard InChI is InChI=1S/C22H31NO2S/c1-17-8-7-14-23(16-17)15-13-18(2)19(3)26(24,25)22-12-6-10-20-9-4-5-11-21(20)22/h4-6,9-12,17-19H,7-8,13-16H2,1-3H3/t17-,18-,19?/m1/s1. The number of rotatable bonds is 6. The Morgan fingerprint density at radius 3 is 2.62 bits per heavy atom. The van der Waals surface area contributed by atoms with Crippen molar-refractivity contribution in [1.29, 1.82) is 0 Å². The second-order valence-corrected chi connectivity index (χ2v) is 10.3. The molecule has 0 aliphatic carbocycles. The van der Waals surface area contributed by atoms with Crippen LogP contribution >= 0.6 is 0 Å². The van der Waals surface area contributed by atoms with Crippen molar-refractivity contribution in [3.8, 4) is 0 Å². The van der Waals surface area contributed by atoms with Gasteiger partial charge in [0.1, 0.15) is 0 Å². The molecule has 0 spiro atoms. The molecule has 1 aliphatic rings. The first-order valence-electron chi connectivity index (χ1n) is 9.83. The number of likely N-dealkylation sites (tertiary alicyclic amines) is 1. The van der Waals surface area contributed by atoms with E-state index in [-0.39, 0.29) is 11.2 Å². The summed E-state index contributed by atoms with van der Waals surface area (Å²) >= 11 is 0. The van der Waals surface area contributed by atoms with Crippen LogP contribution in [-0.2, 0) is 9.84 Å². The summed E-state index contributed by atoms with van der Waals surface area (Å²) in [5.74, 6) is 0.895. The van der Waals surface area contributed by atoms with Crippen LogP contribution in [0.1, 0.15) is 40.0 Å². The molecule has 0 radical (unpaired) electrons. The Balaban J connectivity index is 1.73. The quantitative estimate of drug-likeness (QED) is 0.732. The molecule has 2 aromatic rings. The van der Waals surface area contributed by atoms with Gasteiger partial charge in [-0.2, -0.15) is 0 Å². The third-order valence-corrected chi connectivity index (χ3v) is 8.40. The van der Waals surface area contributed by atoms with Crippen LogP contribution in [0.25, 0.3) is 10.8 Å². The van der Waals surface area contributed by atoms with Crippen LogP contribution in [0.2, 0.25) is 0 Å². The summed E-state index contributed by atoms with van der Waals surface area (Å²) in [6.45, 7) is 9.57. The molecule has 0 N–H and O–H groups in total. The number of sulfone groups is 1. The first kappa shape index (κ1) is 19.4. The van der Waals surface area contributed by atoms with Gasteiger partial charge in [0, 0.05) is 11.9 Å². The zero-order valence-corrected chi connectivity index (χ0v) is 17.0. The van der Waals surface area contributed by atoms with Crippen molar-refractivity contribution in [1.82, 2.24) is 4.90 Å². The summed E-state index contributed by atoms with van der Waals surface area (Å²) in [5.41, 5.74) is 0. The molecule has 26 heavy (non-hydrogen) atoms. The molecule has 4 heteroatoms. The largest absolute Gasteiger partial charge is 0.303 e. The molecule has 2 aromatic carbocycles. The van der Waals surface area contributed by atoms with Gasteiger partial charge >= 0.3 is 0 Å². The smallest absolute Gasteiger partial charge is 0.181 e. The van der Waals surface area contributed by atoms with Crippen LogP contribution in [-0.4, -0.2) is 38.2 Å². The fourth-order valence-electron chi connectivity index (χ4n) is 4.06. The van der Waals surface area contributed by atoms with Crippen LogP contribution in [0.5, 0.6) is 0 Å². The number of piperidine rings is 1. The number of benzene rings is 2. The molecule has 0 amide bonds. The minimum Gasteiger partial charge on any atom is -0.303 e. The zero-order valence-electron chi connectivity index (χ0n) is 16.2. The fraction of sp³-hybridized carbons (Fsp3) is 0.545. The van der Waals surface area contributed by atoms with Gasteiger partial charge in [0.05, 0.1) is 10.1 Å². The molecule has 1 heterocycles. The molecular weight excluding hydrogens is 342 g/mol. The Bertz CT molecular complexity index is 841. The summed E-state index contributed by atoms with van der Waals surface area (Å²) in [6.07, 6.45) is 3.51. The lowest BCUT2D eigenvalue weighted by molar-refractivity contribution is 0.174. The SMILES string of the molecule is CC([C@H](C)CCN1CCC[C@@H](C)C1)S(=O)(=O)c1cccc2ccccc12. The Morgan fingerprint density at radius 1 is 1.12 bits per heavy atom. The highest BCUT2D eigenvalue weighted by Gasteiger charge is 2.30. The van der Waals surface area contributed by atoms with Crippen molar-refractivity contribution in [2.75, 3.05) is 19.6 Å². The average Bonchev–Trinajstić information content (AvgIpc) is 2.65. The van der Waals surface area contributed by atoms with E-state index in [2.05, 4.69) is 18.7 Å². The van der Waals surface area contributed by atoms with E-state index in [0.717, 1.165) is 42.7 Å². The highest BCUT2D eigenvalue weighted by molar-refractivity contribution is 7.92. The molecule has 3 nitrogen and oxygen atoms in total. The van der Waals surface area contributed by atoms with Gasteiger partial charge in [-0.3, -0.25) is 0 Å². The zero-order chi connectivity index (χ0) is 18.7. The number of fused-ring (bicyclic) bond motifs is 1. The van der Waals surface area contributed by atoms with Gasteiger partial charge in [-0.25, -0.2) is 8.42 Å². The monoisotopic (exact) mass is 373 g/mol. The van der Waals surface area contributed by atoms with Gasteiger partial charge < -0.3 is 4.90 Å². The summed E-state index contributed by atoms with van der Waals surface area (Å²) in [4.78, 5) is 2.98. The van der Waals surface area contributed by atoms with Crippen molar-refractivity contribution < 1.29 is 8.42 Å². The molecule has 142 valence electrons. The molecule has 0 bridgehead atoms. The van der Waals surface area contributed by atoms with E-state index >= 15 is 0 Å². The number of hydrogen-bond acceptors (Lipinski definition) is 3. The lowest BCUT2D eigenvalue weighted by Crippen LogP contribution is -2.37. The highest BCUT2D eigenvalue weighted by atomic mass is 32.2. The third-order valence-electron chi connectivity index (χ3n) is 5.99. The second-order valence-electron chi connectivity index (χ2n) is 8.04. The second kappa shape index (κ2) is 8.10. The van der Waals surface area contributed by atoms with E-state index in [4.69, 9.17) is 0 Å². The van der Waals surface area contributed by atoms with E-state index in [1.54, 1.807) is 6.07 Å². The lowest BCUT2D eigenvalue weighted by atomic mass is 9.98. The maximum Gasteiger partial charge on any atom is 0.181 e. The van der Waals surface area contributed by atoms with Crippen molar-refractivity contribution in [2.24, 2.45) is 11.8 Å². The van der Waals surface area contributed by atoms with Crippen molar-refractivity contribution in [3.05, 3.63) is 42.5 Å². The minimum absolute atomic E-state index is 0.135. The molecule has 0 saturated carbocycles. The third kappa shape index (κ3) is 4.12. The predicted octanol–water partition coefficient (Wildman–Crippen LogP) is 4.76. The Hall–Kier alpha value is -1.39. The summed E-state index contributed by atoms with van der Waals surface area (Å²) in [6, 6.07) is 13.3. The van der Waals surface area contributed by atoms with Crippen molar-refractivity contribution in [2.45, 2.75) is 50.2 Å². The predicted molar refractivity (Wildman–Crippen MR) is 109 cm³/mol. The normalized spacial score (nSPS) is 21.6. The van der Waals surface area contributed by atoms with Crippen LogP contribution in [0, 0.1) is 11.8 Å². The topological polar surface area (TPSA) is 37.4 Å². The van der Waals surface area contributed by atoms with E-state index in [1.165, 1.54) is 12.8 Å². The summed E-state index contributed by atoms with van der Waals surface area (Å²) < 4.78 is 26.6. The molecule has 0 aromatic heterocycles. The van der Waals surface area contributed by atoms with Gasteiger partial charge in [0.15, 0.2) is 9.84 Å². The Morgan fingerprint density at radius 2 is 1.85 bits per heavy atom. The van der Waals surface area contributed by atoms with E-state index in [1.807, 2.05) is 43.3 Å². The van der Waals surface area contributed by atoms with E-state index in [0.29, 0.717) is 4.90 Å². The molecule has 1 fully saturated rings. The minimum atomic E-state index is -3.35. The molecule has 1 unspecified atom stereocenters. The first-order chi connectivity index (χ1) is 12.4. The molecule has 1 saturated heterocycles. The van der Waals surface area contributed by atoms with Gasteiger partial charge in [0.25, 0.3) is 0 Å². The molecular formula is C22H31NO2S.